The predicted octanol–water partition coefficient (Wildman–Crippen LogP) is 1.78. The highest BCUT2D eigenvalue weighted by Gasteiger charge is 2.14. The fraction of sp³-hybridized carbons (Fsp3) is 0.158. The first-order chi connectivity index (χ1) is 13.3. The minimum Gasteiger partial charge on any atom is -0.481 e. The molecular weight excluding hydrogens is 366 g/mol. The third-order valence-electron chi connectivity index (χ3n) is 3.55. The lowest BCUT2D eigenvalue weighted by molar-refractivity contribution is -0.136. The van der Waals surface area contributed by atoms with Crippen molar-refractivity contribution in [2.45, 2.75) is 13.3 Å². The van der Waals surface area contributed by atoms with Gasteiger partial charge in [0, 0.05) is 17.7 Å². The van der Waals surface area contributed by atoms with E-state index in [1.54, 1.807) is 12.1 Å². The number of rotatable bonds is 8. The minimum absolute atomic E-state index is 0.0114. The number of furan rings is 1. The summed E-state index contributed by atoms with van der Waals surface area (Å²) in [6, 6.07) is 9.02. The van der Waals surface area contributed by atoms with Gasteiger partial charge in [-0.3, -0.25) is 15.0 Å². The number of esters is 1. The van der Waals surface area contributed by atoms with Gasteiger partial charge in [0.15, 0.2) is 0 Å². The van der Waals surface area contributed by atoms with Crippen molar-refractivity contribution in [2.24, 2.45) is 5.73 Å². The standard InChI is InChI=1S/C19H19N3O6/c1-11(18(25)22-9-8-16(23)24)10-14-6-7-15(27-14)19(26)28-13-4-2-12(3-5-13)17(20)21/h2-7,10H,8-9H2,1H3,(H3,20,21)(H,22,25)(H,23,24)/b11-10+. The zero-order chi connectivity index (χ0) is 20.7. The largest absolute Gasteiger partial charge is 0.481 e. The number of ether oxygens (including phenoxy) is 1. The van der Waals surface area contributed by atoms with Gasteiger partial charge in [0.1, 0.15) is 17.3 Å². The third kappa shape index (κ3) is 5.84. The second-order valence-electron chi connectivity index (χ2n) is 5.76. The van der Waals surface area contributed by atoms with Gasteiger partial charge >= 0.3 is 11.9 Å². The number of benzene rings is 1. The molecule has 0 aliphatic rings. The van der Waals surface area contributed by atoms with Crippen molar-refractivity contribution in [3.63, 3.8) is 0 Å². The van der Waals surface area contributed by atoms with Crippen molar-refractivity contribution >= 4 is 29.8 Å². The molecule has 0 aliphatic heterocycles. The van der Waals surface area contributed by atoms with Crippen LogP contribution in [0.4, 0.5) is 0 Å². The topological polar surface area (TPSA) is 156 Å². The zero-order valence-corrected chi connectivity index (χ0v) is 15.0. The lowest BCUT2D eigenvalue weighted by atomic mass is 10.2. The van der Waals surface area contributed by atoms with Crippen molar-refractivity contribution in [1.82, 2.24) is 5.32 Å². The molecule has 0 bridgehead atoms. The smallest absolute Gasteiger partial charge is 0.379 e. The Labute approximate surface area is 160 Å². The summed E-state index contributed by atoms with van der Waals surface area (Å²) in [5, 5.41) is 18.3. The predicted molar refractivity (Wildman–Crippen MR) is 100 cm³/mol. The number of nitrogen functional groups attached to an aromatic ring is 1. The van der Waals surface area contributed by atoms with Gasteiger partial charge in [0.05, 0.1) is 6.42 Å². The molecule has 5 N–H and O–H groups in total. The highest BCUT2D eigenvalue weighted by atomic mass is 16.5. The van der Waals surface area contributed by atoms with E-state index in [4.69, 9.17) is 25.4 Å². The average molecular weight is 385 g/mol. The fourth-order valence-corrected chi connectivity index (χ4v) is 2.10. The maximum atomic E-state index is 12.1. The van der Waals surface area contributed by atoms with Crippen LogP contribution in [0.2, 0.25) is 0 Å². The number of carboxylic acid groups (broad SMARTS) is 1. The van der Waals surface area contributed by atoms with Crippen LogP contribution >= 0.6 is 0 Å². The highest BCUT2D eigenvalue weighted by Crippen LogP contribution is 2.17. The average Bonchev–Trinajstić information content (AvgIpc) is 3.10. The van der Waals surface area contributed by atoms with Gasteiger partial charge in [0.2, 0.25) is 11.7 Å². The van der Waals surface area contributed by atoms with Crippen LogP contribution in [0.1, 0.15) is 35.2 Å². The van der Waals surface area contributed by atoms with Crippen LogP contribution in [0.5, 0.6) is 5.75 Å². The summed E-state index contributed by atoms with van der Waals surface area (Å²) in [6.07, 6.45) is 1.25. The molecule has 2 aromatic rings. The van der Waals surface area contributed by atoms with Crippen LogP contribution in [-0.4, -0.2) is 35.3 Å². The van der Waals surface area contributed by atoms with Crippen molar-refractivity contribution in [2.75, 3.05) is 6.54 Å². The van der Waals surface area contributed by atoms with Crippen LogP contribution in [-0.2, 0) is 9.59 Å². The Morgan fingerprint density at radius 1 is 1.21 bits per heavy atom. The highest BCUT2D eigenvalue weighted by molar-refractivity contribution is 5.97. The molecule has 9 nitrogen and oxygen atoms in total. The molecule has 146 valence electrons. The molecule has 0 fully saturated rings. The quantitative estimate of drug-likeness (QED) is 0.177. The molecule has 0 unspecified atom stereocenters. The molecule has 1 aromatic carbocycles. The maximum Gasteiger partial charge on any atom is 0.379 e. The first-order valence-corrected chi connectivity index (χ1v) is 8.21. The SMILES string of the molecule is C/C(=C\c1ccc(C(=O)Oc2ccc(C(=N)N)cc2)o1)C(=O)NCCC(=O)O. The summed E-state index contributed by atoms with van der Waals surface area (Å²) in [4.78, 5) is 34.4. The van der Waals surface area contributed by atoms with Crippen LogP contribution in [0.15, 0.2) is 46.4 Å². The number of hydrogen-bond donors (Lipinski definition) is 4. The van der Waals surface area contributed by atoms with E-state index in [1.165, 1.54) is 37.3 Å². The molecule has 0 aliphatic carbocycles. The molecule has 0 spiro atoms. The first-order valence-electron chi connectivity index (χ1n) is 8.21. The Morgan fingerprint density at radius 2 is 1.89 bits per heavy atom. The number of aliphatic carboxylic acids is 1. The minimum atomic E-state index is -1.01. The van der Waals surface area contributed by atoms with Crippen molar-refractivity contribution < 1.29 is 28.6 Å². The van der Waals surface area contributed by atoms with Gasteiger partial charge in [-0.1, -0.05) is 0 Å². The van der Waals surface area contributed by atoms with Gasteiger partial charge < -0.3 is 25.3 Å². The van der Waals surface area contributed by atoms with Crippen molar-refractivity contribution in [3.05, 3.63) is 59.1 Å². The summed E-state index contributed by atoms with van der Waals surface area (Å²) in [5.41, 5.74) is 6.15. The Kier molecular flexibility index (Phi) is 6.69. The van der Waals surface area contributed by atoms with Crippen LogP contribution in [0, 0.1) is 5.41 Å². The second-order valence-corrected chi connectivity index (χ2v) is 5.76. The number of carboxylic acids is 1. The van der Waals surface area contributed by atoms with Gasteiger partial charge in [-0.2, -0.15) is 0 Å². The number of amides is 1. The van der Waals surface area contributed by atoms with Crippen LogP contribution in [0.3, 0.4) is 0 Å². The summed E-state index contributed by atoms with van der Waals surface area (Å²) in [6.45, 7) is 1.55. The van der Waals surface area contributed by atoms with E-state index < -0.39 is 17.8 Å². The first kappa shape index (κ1) is 20.4. The Morgan fingerprint density at radius 3 is 2.50 bits per heavy atom. The van der Waals surface area contributed by atoms with Crippen molar-refractivity contribution in [3.8, 4) is 5.75 Å². The molecule has 1 heterocycles. The molecule has 2 rings (SSSR count). The van der Waals surface area contributed by atoms with Crippen LogP contribution < -0.4 is 15.8 Å². The molecule has 0 saturated heterocycles. The normalized spacial score (nSPS) is 11.0. The third-order valence-corrected chi connectivity index (χ3v) is 3.55. The Bertz CT molecular complexity index is 927. The Hall–Kier alpha value is -3.88. The van der Waals surface area contributed by atoms with E-state index in [1.807, 2.05) is 0 Å². The zero-order valence-electron chi connectivity index (χ0n) is 15.0. The van der Waals surface area contributed by atoms with Gasteiger partial charge in [-0.15, -0.1) is 0 Å². The molecule has 9 heteroatoms. The van der Waals surface area contributed by atoms with Crippen molar-refractivity contribution in [1.29, 1.82) is 5.41 Å². The number of nitrogens with one attached hydrogen (secondary N) is 2. The van der Waals surface area contributed by atoms with E-state index in [0.717, 1.165) is 0 Å². The van der Waals surface area contributed by atoms with E-state index in [2.05, 4.69) is 5.32 Å². The lowest BCUT2D eigenvalue weighted by Crippen LogP contribution is -2.26. The molecule has 0 radical (unpaired) electrons. The van der Waals surface area contributed by atoms with E-state index in [0.29, 0.717) is 11.1 Å². The Balaban J connectivity index is 1.98. The van der Waals surface area contributed by atoms with E-state index >= 15 is 0 Å². The summed E-state index contributed by atoms with van der Waals surface area (Å²) in [5.74, 6) is -1.79. The summed E-state index contributed by atoms with van der Waals surface area (Å²) in [7, 11) is 0. The van der Waals surface area contributed by atoms with Gasteiger partial charge in [0.25, 0.3) is 0 Å². The monoisotopic (exact) mass is 385 g/mol. The number of hydrogen-bond acceptors (Lipinski definition) is 6. The number of carbonyl (C=O) groups is 3. The summed E-state index contributed by atoms with van der Waals surface area (Å²) >= 11 is 0. The van der Waals surface area contributed by atoms with Gasteiger partial charge in [-0.05, 0) is 49.4 Å². The number of carbonyl (C=O) groups excluding carboxylic acids is 2. The van der Waals surface area contributed by atoms with E-state index in [-0.39, 0.29) is 36.1 Å². The fourth-order valence-electron chi connectivity index (χ4n) is 2.10. The molecule has 28 heavy (non-hydrogen) atoms. The molecular formula is C19H19N3O6. The summed E-state index contributed by atoms with van der Waals surface area (Å²) < 4.78 is 10.5. The molecule has 1 amide bonds. The maximum absolute atomic E-state index is 12.1. The lowest BCUT2D eigenvalue weighted by Gasteiger charge is -2.04. The molecule has 0 saturated carbocycles. The van der Waals surface area contributed by atoms with Crippen LogP contribution in [0.25, 0.3) is 6.08 Å². The van der Waals surface area contributed by atoms with E-state index in [9.17, 15) is 14.4 Å². The number of nitrogens with two attached hydrogens (primary N) is 1. The number of amidine groups is 1. The molecule has 0 atom stereocenters. The second kappa shape index (κ2) is 9.17. The molecule has 1 aromatic heterocycles. The van der Waals surface area contributed by atoms with Gasteiger partial charge in [-0.25, -0.2) is 4.79 Å².